The number of carbonyl (C=O) groups is 1. The van der Waals surface area contributed by atoms with Crippen molar-refractivity contribution in [2.24, 2.45) is 0 Å². The first-order chi connectivity index (χ1) is 10.7. The van der Waals surface area contributed by atoms with E-state index in [9.17, 15) is 4.79 Å². The third-order valence-electron chi connectivity index (χ3n) is 3.42. The van der Waals surface area contributed by atoms with Gasteiger partial charge in [-0.3, -0.25) is 4.79 Å². The highest BCUT2D eigenvalue weighted by Crippen LogP contribution is 2.26. The number of benzene rings is 1. The number of rotatable bonds is 5. The van der Waals surface area contributed by atoms with Gasteiger partial charge < -0.3 is 9.73 Å². The summed E-state index contributed by atoms with van der Waals surface area (Å²) < 4.78 is 6.44. The Hall–Kier alpha value is -2.33. The fourth-order valence-electron chi connectivity index (χ4n) is 2.41. The average molecular weight is 311 g/mol. The first-order valence-corrected chi connectivity index (χ1v) is 8.07. The zero-order valence-corrected chi connectivity index (χ0v) is 13.1. The predicted octanol–water partition coefficient (Wildman–Crippen LogP) is 4.25. The molecule has 0 fully saturated rings. The van der Waals surface area contributed by atoms with Crippen LogP contribution in [0.15, 0.2) is 58.5 Å². The molecule has 22 heavy (non-hydrogen) atoms. The molecule has 1 amide bonds. The molecule has 0 saturated carbocycles. The van der Waals surface area contributed by atoms with E-state index in [0.29, 0.717) is 5.76 Å². The molecule has 1 aromatic carbocycles. The Morgan fingerprint density at radius 2 is 2.18 bits per heavy atom. The van der Waals surface area contributed by atoms with E-state index in [1.54, 1.807) is 29.7 Å². The van der Waals surface area contributed by atoms with E-state index in [0.717, 1.165) is 6.42 Å². The lowest BCUT2D eigenvalue weighted by molar-refractivity contribution is -0.117. The second-order valence-electron chi connectivity index (χ2n) is 5.22. The smallest absolute Gasteiger partial charge is 0.244 e. The molecule has 1 unspecified atom stereocenters. The normalized spacial score (nSPS) is 12.8. The standard InChI is InChI=1S/C18H17NO2S/c1-13(19-18(20)9-8-15-5-4-10-21-15)11-14-12-22-17-7-3-2-6-16(14)17/h2-10,12-13H,11H2,1H3,(H,19,20)/b9-8+. The number of furan rings is 1. The van der Waals surface area contributed by atoms with Crippen LogP contribution >= 0.6 is 11.3 Å². The molecule has 4 heteroatoms. The highest BCUT2D eigenvalue weighted by atomic mass is 32.1. The second kappa shape index (κ2) is 6.62. The maximum atomic E-state index is 11.9. The Balaban J connectivity index is 1.60. The van der Waals surface area contributed by atoms with Crippen molar-refractivity contribution >= 4 is 33.4 Å². The van der Waals surface area contributed by atoms with Gasteiger partial charge in [-0.1, -0.05) is 18.2 Å². The van der Waals surface area contributed by atoms with E-state index < -0.39 is 0 Å². The molecule has 2 heterocycles. The van der Waals surface area contributed by atoms with Gasteiger partial charge in [-0.25, -0.2) is 0 Å². The van der Waals surface area contributed by atoms with Crippen molar-refractivity contribution < 1.29 is 9.21 Å². The summed E-state index contributed by atoms with van der Waals surface area (Å²) in [6, 6.07) is 12.0. The summed E-state index contributed by atoms with van der Waals surface area (Å²) >= 11 is 1.74. The van der Waals surface area contributed by atoms with Crippen LogP contribution in [-0.2, 0) is 11.2 Å². The quantitative estimate of drug-likeness (QED) is 0.716. The highest BCUT2D eigenvalue weighted by Gasteiger charge is 2.09. The van der Waals surface area contributed by atoms with Gasteiger partial charge in [-0.15, -0.1) is 11.3 Å². The van der Waals surface area contributed by atoms with Crippen LogP contribution in [0, 0.1) is 0 Å². The third-order valence-corrected chi connectivity index (χ3v) is 4.43. The van der Waals surface area contributed by atoms with Crippen LogP contribution in [0.25, 0.3) is 16.2 Å². The Morgan fingerprint density at radius 3 is 3.00 bits per heavy atom. The molecule has 3 aromatic rings. The van der Waals surface area contributed by atoms with E-state index in [4.69, 9.17) is 4.42 Å². The van der Waals surface area contributed by atoms with Gasteiger partial charge in [0, 0.05) is 16.8 Å². The number of amides is 1. The fraction of sp³-hybridized carbons (Fsp3) is 0.167. The lowest BCUT2D eigenvalue weighted by atomic mass is 10.1. The number of nitrogens with one attached hydrogen (secondary N) is 1. The summed E-state index contributed by atoms with van der Waals surface area (Å²) in [7, 11) is 0. The summed E-state index contributed by atoms with van der Waals surface area (Å²) in [5.74, 6) is 0.565. The predicted molar refractivity (Wildman–Crippen MR) is 90.9 cm³/mol. The zero-order chi connectivity index (χ0) is 15.4. The molecule has 1 N–H and O–H groups in total. The molecular weight excluding hydrogens is 294 g/mol. The Labute approximate surface area is 133 Å². The Kier molecular flexibility index (Phi) is 4.39. The molecule has 1 atom stereocenters. The topological polar surface area (TPSA) is 42.2 Å². The van der Waals surface area contributed by atoms with Crippen molar-refractivity contribution in [3.63, 3.8) is 0 Å². The molecule has 3 rings (SSSR count). The number of hydrogen-bond donors (Lipinski definition) is 1. The zero-order valence-electron chi connectivity index (χ0n) is 12.3. The van der Waals surface area contributed by atoms with Crippen LogP contribution in [0.2, 0.25) is 0 Å². The van der Waals surface area contributed by atoms with Crippen molar-refractivity contribution in [2.75, 3.05) is 0 Å². The van der Waals surface area contributed by atoms with Gasteiger partial charge in [0.2, 0.25) is 5.91 Å². The van der Waals surface area contributed by atoms with Crippen molar-refractivity contribution in [1.82, 2.24) is 5.32 Å². The van der Waals surface area contributed by atoms with Gasteiger partial charge in [0.05, 0.1) is 6.26 Å². The molecular formula is C18H17NO2S. The minimum absolute atomic E-state index is 0.0757. The van der Waals surface area contributed by atoms with Crippen molar-refractivity contribution in [1.29, 1.82) is 0 Å². The van der Waals surface area contributed by atoms with E-state index in [-0.39, 0.29) is 11.9 Å². The van der Waals surface area contributed by atoms with Gasteiger partial charge >= 0.3 is 0 Å². The first kappa shape index (κ1) is 14.6. The summed E-state index contributed by atoms with van der Waals surface area (Å²) in [5, 5.41) is 6.43. The molecule has 2 aromatic heterocycles. The van der Waals surface area contributed by atoms with Gasteiger partial charge in [0.15, 0.2) is 0 Å². The molecule has 112 valence electrons. The SMILES string of the molecule is CC(Cc1csc2ccccc12)NC(=O)/C=C/c1ccco1. The van der Waals surface area contributed by atoms with Crippen LogP contribution in [0.1, 0.15) is 18.2 Å². The molecule has 3 nitrogen and oxygen atoms in total. The number of fused-ring (bicyclic) bond motifs is 1. The van der Waals surface area contributed by atoms with E-state index >= 15 is 0 Å². The van der Waals surface area contributed by atoms with Gasteiger partial charge in [0.25, 0.3) is 0 Å². The van der Waals surface area contributed by atoms with Crippen LogP contribution < -0.4 is 5.32 Å². The monoisotopic (exact) mass is 311 g/mol. The van der Waals surface area contributed by atoms with Gasteiger partial charge in [-0.05, 0) is 53.9 Å². The second-order valence-corrected chi connectivity index (χ2v) is 6.13. The molecule has 0 spiro atoms. The van der Waals surface area contributed by atoms with Gasteiger partial charge in [0.1, 0.15) is 5.76 Å². The summed E-state index contributed by atoms with van der Waals surface area (Å²) in [5.41, 5.74) is 1.28. The minimum atomic E-state index is -0.108. The average Bonchev–Trinajstić information content (AvgIpc) is 3.15. The molecule has 0 bridgehead atoms. The Morgan fingerprint density at radius 1 is 1.32 bits per heavy atom. The van der Waals surface area contributed by atoms with Crippen LogP contribution in [0.5, 0.6) is 0 Å². The third kappa shape index (κ3) is 3.46. The molecule has 0 aliphatic carbocycles. The lowest BCUT2D eigenvalue weighted by Gasteiger charge is -2.11. The Bertz CT molecular complexity index is 786. The van der Waals surface area contributed by atoms with Gasteiger partial charge in [-0.2, -0.15) is 0 Å². The maximum Gasteiger partial charge on any atom is 0.244 e. The summed E-state index contributed by atoms with van der Waals surface area (Å²) in [6.45, 7) is 2.02. The summed E-state index contributed by atoms with van der Waals surface area (Å²) in [4.78, 5) is 11.9. The van der Waals surface area contributed by atoms with Crippen molar-refractivity contribution in [3.8, 4) is 0 Å². The van der Waals surface area contributed by atoms with Crippen LogP contribution in [0.4, 0.5) is 0 Å². The highest BCUT2D eigenvalue weighted by molar-refractivity contribution is 7.17. The van der Waals surface area contributed by atoms with E-state index in [1.165, 1.54) is 21.7 Å². The largest absolute Gasteiger partial charge is 0.465 e. The first-order valence-electron chi connectivity index (χ1n) is 7.19. The fourth-order valence-corrected chi connectivity index (χ4v) is 3.38. The number of thiophene rings is 1. The van der Waals surface area contributed by atoms with E-state index in [1.807, 2.05) is 25.1 Å². The maximum absolute atomic E-state index is 11.9. The molecule has 0 radical (unpaired) electrons. The van der Waals surface area contributed by atoms with Crippen LogP contribution in [0.3, 0.4) is 0 Å². The number of hydrogen-bond acceptors (Lipinski definition) is 3. The summed E-state index contributed by atoms with van der Waals surface area (Å²) in [6.07, 6.45) is 5.58. The molecule has 0 saturated heterocycles. The van der Waals surface area contributed by atoms with Crippen molar-refractivity contribution in [3.05, 3.63) is 65.4 Å². The lowest BCUT2D eigenvalue weighted by Crippen LogP contribution is -2.32. The van der Waals surface area contributed by atoms with Crippen LogP contribution in [-0.4, -0.2) is 11.9 Å². The molecule has 0 aliphatic rings. The van der Waals surface area contributed by atoms with Crippen molar-refractivity contribution in [2.45, 2.75) is 19.4 Å². The minimum Gasteiger partial charge on any atom is -0.465 e. The van der Waals surface area contributed by atoms with E-state index in [2.05, 4.69) is 22.8 Å². The number of carbonyl (C=O) groups excluding carboxylic acids is 1. The molecule has 0 aliphatic heterocycles.